The second-order valence-corrected chi connectivity index (χ2v) is 6.52. The van der Waals surface area contributed by atoms with Gasteiger partial charge in [0.25, 0.3) is 0 Å². The number of fused-ring (bicyclic) bond motifs is 3. The molecular weight excluding hydrogens is 302 g/mol. The van der Waals surface area contributed by atoms with E-state index in [-0.39, 0.29) is 17.8 Å². The molecular formula is C20H35NO3. The molecule has 1 fully saturated rings. The average Bonchev–Trinajstić information content (AvgIpc) is 2.59. The Bertz CT molecular complexity index is 504. The topological polar surface area (TPSA) is 75.7 Å². The fraction of sp³-hybridized carbons (Fsp3) is 0.700. The molecule has 0 aliphatic heterocycles. The average molecular weight is 338 g/mol. The van der Waals surface area contributed by atoms with Gasteiger partial charge in [-0.25, -0.2) is 0 Å². The number of methoxy groups -OCH3 is 1. The van der Waals surface area contributed by atoms with E-state index in [0.29, 0.717) is 17.6 Å². The highest BCUT2D eigenvalue weighted by Gasteiger charge is 2.39. The van der Waals surface area contributed by atoms with E-state index < -0.39 is 0 Å². The highest BCUT2D eigenvalue weighted by molar-refractivity contribution is 5.53. The van der Waals surface area contributed by atoms with E-state index in [9.17, 15) is 10.2 Å². The number of nitrogens with two attached hydrogens (primary N) is 1. The number of phenolic OH excluding ortho intramolecular Hbond substituents is 1. The van der Waals surface area contributed by atoms with Gasteiger partial charge in [-0.3, -0.25) is 0 Å². The van der Waals surface area contributed by atoms with Crippen LogP contribution < -0.4 is 10.5 Å². The molecule has 0 saturated heterocycles. The third-order valence-corrected chi connectivity index (χ3v) is 5.04. The van der Waals surface area contributed by atoms with Crippen LogP contribution in [0.5, 0.6) is 11.5 Å². The maximum absolute atomic E-state index is 10.4. The molecule has 0 bridgehead atoms. The van der Waals surface area contributed by atoms with Crippen molar-refractivity contribution in [2.75, 3.05) is 13.7 Å². The van der Waals surface area contributed by atoms with Crippen molar-refractivity contribution in [3.05, 3.63) is 23.3 Å². The predicted octanol–water partition coefficient (Wildman–Crippen LogP) is 3.83. The van der Waals surface area contributed by atoms with Crippen LogP contribution in [0.4, 0.5) is 0 Å². The van der Waals surface area contributed by atoms with Crippen molar-refractivity contribution in [1.82, 2.24) is 0 Å². The zero-order chi connectivity index (χ0) is 18.3. The molecule has 138 valence electrons. The summed E-state index contributed by atoms with van der Waals surface area (Å²) in [6.07, 6.45) is 3.76. The SMILES string of the molecule is CC.CCN.COc1ccc2c(c1O)C1CC(O)C(C)CC1CC2. The highest BCUT2D eigenvalue weighted by atomic mass is 16.5. The van der Waals surface area contributed by atoms with E-state index in [4.69, 9.17) is 10.5 Å². The quantitative estimate of drug-likeness (QED) is 0.728. The Hall–Kier alpha value is -1.26. The molecule has 1 aromatic carbocycles. The van der Waals surface area contributed by atoms with Crippen molar-refractivity contribution in [2.24, 2.45) is 17.6 Å². The van der Waals surface area contributed by atoms with Crippen LogP contribution in [-0.4, -0.2) is 30.0 Å². The van der Waals surface area contributed by atoms with Gasteiger partial charge in [0.15, 0.2) is 11.5 Å². The van der Waals surface area contributed by atoms with Crippen molar-refractivity contribution in [2.45, 2.75) is 65.4 Å². The van der Waals surface area contributed by atoms with Gasteiger partial charge < -0.3 is 20.7 Å². The first kappa shape index (κ1) is 20.8. The summed E-state index contributed by atoms with van der Waals surface area (Å²) in [5.41, 5.74) is 7.10. The zero-order valence-corrected chi connectivity index (χ0v) is 15.9. The van der Waals surface area contributed by atoms with Gasteiger partial charge in [0, 0.05) is 5.56 Å². The Morgan fingerprint density at radius 3 is 2.46 bits per heavy atom. The predicted molar refractivity (Wildman–Crippen MR) is 99.7 cm³/mol. The number of benzene rings is 1. The monoisotopic (exact) mass is 337 g/mol. The first-order valence-electron chi connectivity index (χ1n) is 9.30. The minimum atomic E-state index is -0.252. The number of hydrogen-bond acceptors (Lipinski definition) is 4. The lowest BCUT2D eigenvalue weighted by Gasteiger charge is -2.42. The lowest BCUT2D eigenvalue weighted by molar-refractivity contribution is 0.0386. The summed E-state index contributed by atoms with van der Waals surface area (Å²) in [5, 5.41) is 20.6. The second-order valence-electron chi connectivity index (χ2n) is 6.52. The van der Waals surface area contributed by atoms with Crippen LogP contribution in [-0.2, 0) is 6.42 Å². The second kappa shape index (κ2) is 9.90. The summed E-state index contributed by atoms with van der Waals surface area (Å²) in [4.78, 5) is 0. The number of aliphatic hydroxyl groups excluding tert-OH is 1. The molecule has 2 aliphatic carbocycles. The third kappa shape index (κ3) is 4.42. The Balaban J connectivity index is 0.000000521. The van der Waals surface area contributed by atoms with Gasteiger partial charge >= 0.3 is 0 Å². The molecule has 0 aromatic heterocycles. The molecule has 4 atom stereocenters. The number of phenols is 1. The lowest BCUT2D eigenvalue weighted by Crippen LogP contribution is -2.35. The van der Waals surface area contributed by atoms with Crippen molar-refractivity contribution in [1.29, 1.82) is 0 Å². The summed E-state index contributed by atoms with van der Waals surface area (Å²) in [6, 6.07) is 3.91. The van der Waals surface area contributed by atoms with Crippen molar-refractivity contribution >= 4 is 0 Å². The van der Waals surface area contributed by atoms with Gasteiger partial charge in [0.05, 0.1) is 13.2 Å². The Labute approximate surface area is 147 Å². The van der Waals surface area contributed by atoms with Gasteiger partial charge in [0.1, 0.15) is 0 Å². The first-order valence-corrected chi connectivity index (χ1v) is 9.30. The smallest absolute Gasteiger partial charge is 0.161 e. The molecule has 0 spiro atoms. The number of ether oxygens (including phenoxy) is 1. The summed E-state index contributed by atoms with van der Waals surface area (Å²) >= 11 is 0. The molecule has 3 rings (SSSR count). The molecule has 0 heterocycles. The molecule has 0 radical (unpaired) electrons. The van der Waals surface area contributed by atoms with Crippen molar-refractivity contribution in [3.8, 4) is 11.5 Å². The number of aliphatic hydroxyl groups is 1. The number of rotatable bonds is 1. The third-order valence-electron chi connectivity index (χ3n) is 5.04. The van der Waals surface area contributed by atoms with E-state index in [0.717, 1.165) is 31.4 Å². The first-order chi connectivity index (χ1) is 11.5. The number of aromatic hydroxyl groups is 1. The normalized spacial score (nSPS) is 27.5. The van der Waals surface area contributed by atoms with E-state index in [2.05, 4.69) is 13.0 Å². The Morgan fingerprint density at radius 2 is 1.88 bits per heavy atom. The fourth-order valence-corrected chi connectivity index (χ4v) is 3.92. The molecule has 4 N–H and O–H groups in total. The van der Waals surface area contributed by atoms with E-state index in [1.165, 1.54) is 12.0 Å². The van der Waals surface area contributed by atoms with Crippen LogP contribution in [0, 0.1) is 11.8 Å². The minimum absolute atomic E-state index is 0.252. The van der Waals surface area contributed by atoms with Crippen LogP contribution >= 0.6 is 0 Å². The van der Waals surface area contributed by atoms with E-state index in [1.807, 2.05) is 26.8 Å². The minimum Gasteiger partial charge on any atom is -0.504 e. The van der Waals surface area contributed by atoms with Gasteiger partial charge in [-0.15, -0.1) is 0 Å². The van der Waals surface area contributed by atoms with Crippen LogP contribution in [0.25, 0.3) is 0 Å². The number of aryl methyl sites for hydroxylation is 1. The van der Waals surface area contributed by atoms with Crippen LogP contribution in [0.15, 0.2) is 12.1 Å². The fourth-order valence-electron chi connectivity index (χ4n) is 3.92. The Kier molecular flexibility index (Phi) is 8.57. The summed E-state index contributed by atoms with van der Waals surface area (Å²) in [7, 11) is 1.58. The largest absolute Gasteiger partial charge is 0.504 e. The lowest BCUT2D eigenvalue weighted by atomic mass is 9.64. The van der Waals surface area contributed by atoms with Crippen LogP contribution in [0.1, 0.15) is 64.0 Å². The molecule has 24 heavy (non-hydrogen) atoms. The highest BCUT2D eigenvalue weighted by Crippen LogP contribution is 2.51. The van der Waals surface area contributed by atoms with Gasteiger partial charge in [-0.1, -0.05) is 33.8 Å². The van der Waals surface area contributed by atoms with Crippen molar-refractivity contribution < 1.29 is 14.9 Å². The maximum Gasteiger partial charge on any atom is 0.161 e. The molecule has 4 nitrogen and oxygen atoms in total. The molecule has 4 heteroatoms. The number of hydrogen-bond donors (Lipinski definition) is 3. The zero-order valence-electron chi connectivity index (χ0n) is 15.9. The van der Waals surface area contributed by atoms with Crippen LogP contribution in [0.2, 0.25) is 0 Å². The molecule has 1 saturated carbocycles. The Morgan fingerprint density at radius 1 is 1.25 bits per heavy atom. The standard InChI is InChI=1S/C16H22O3.C2H7N.C2H6/c1-9-7-11-4-3-10-5-6-14(19-2)16(18)15(10)12(11)8-13(9)17;1-2-3;1-2/h5-6,9,11-13,17-18H,3-4,7-8H2,1-2H3;2-3H2,1H3;1-2H3. The van der Waals surface area contributed by atoms with Crippen LogP contribution in [0.3, 0.4) is 0 Å². The molecule has 0 amide bonds. The van der Waals surface area contributed by atoms with Gasteiger partial charge in [0.2, 0.25) is 0 Å². The van der Waals surface area contributed by atoms with Gasteiger partial charge in [-0.05, 0) is 61.6 Å². The maximum atomic E-state index is 10.4. The molecule has 2 aliphatic rings. The van der Waals surface area contributed by atoms with E-state index >= 15 is 0 Å². The summed E-state index contributed by atoms with van der Waals surface area (Å²) in [6.45, 7) is 8.78. The molecule has 1 aromatic rings. The summed E-state index contributed by atoms with van der Waals surface area (Å²) < 4.78 is 5.23. The van der Waals surface area contributed by atoms with E-state index in [1.54, 1.807) is 7.11 Å². The molecule has 4 unspecified atom stereocenters. The van der Waals surface area contributed by atoms with Crippen molar-refractivity contribution in [3.63, 3.8) is 0 Å². The summed E-state index contributed by atoms with van der Waals surface area (Å²) in [5.74, 6) is 2.08. The van der Waals surface area contributed by atoms with Gasteiger partial charge in [-0.2, -0.15) is 0 Å².